The molecule has 1 aliphatic heterocycles. The smallest absolute Gasteiger partial charge is 0.299 e. The fraction of sp³-hybridized carbons (Fsp3) is 0.467. The number of carbonyl (C=O) groups is 2. The number of halogens is 2. The van der Waals surface area contributed by atoms with Crippen molar-refractivity contribution in [3.05, 3.63) is 101 Å². The number of fused-ring (bicyclic) bond motifs is 3. The predicted molar refractivity (Wildman–Crippen MR) is 221 cm³/mol. The molecule has 4 aliphatic rings. The lowest BCUT2D eigenvalue weighted by molar-refractivity contribution is -0.135. The SMILES string of the molecule is CN=C(NC1=CCC(c2ccc3c(c2)C(F)(F)c2cc(-c4cnc(CN(CC5(C)CC5)C(=O)C(N)C(C)C)[nH]4)ccc2-3)C=C1)[C@@H]1CC=CCN1C(=O)C(N)C(C)C. The zero-order chi connectivity index (χ0) is 40.8. The number of amides is 2. The number of benzene rings is 2. The lowest BCUT2D eigenvalue weighted by atomic mass is 9.89. The summed E-state index contributed by atoms with van der Waals surface area (Å²) in [5.41, 5.74) is 16.5. The van der Waals surface area contributed by atoms with Crippen LogP contribution in [-0.4, -0.2) is 75.7 Å². The normalized spacial score (nSPS) is 21.6. The van der Waals surface area contributed by atoms with Gasteiger partial charge in [-0.25, -0.2) is 4.98 Å². The number of nitrogens with one attached hydrogen (secondary N) is 2. The molecule has 0 radical (unpaired) electrons. The monoisotopic (exact) mass is 778 g/mol. The van der Waals surface area contributed by atoms with Crippen LogP contribution in [0.4, 0.5) is 8.78 Å². The van der Waals surface area contributed by atoms with Gasteiger partial charge < -0.3 is 31.6 Å². The van der Waals surface area contributed by atoms with Crippen LogP contribution >= 0.6 is 0 Å². The Morgan fingerprint density at radius 2 is 1.72 bits per heavy atom. The molecule has 302 valence electrons. The molecule has 0 saturated heterocycles. The molecule has 3 unspecified atom stereocenters. The molecule has 6 N–H and O–H groups in total. The van der Waals surface area contributed by atoms with Crippen LogP contribution in [0.2, 0.25) is 0 Å². The van der Waals surface area contributed by atoms with Crippen LogP contribution in [0.15, 0.2) is 83.7 Å². The molecule has 1 aromatic heterocycles. The van der Waals surface area contributed by atoms with E-state index >= 15 is 8.78 Å². The van der Waals surface area contributed by atoms with Crippen LogP contribution in [0.1, 0.15) is 88.7 Å². The maximum Gasteiger partial charge on any atom is 0.299 e. The average Bonchev–Trinajstić information content (AvgIpc) is 3.66. The molecule has 57 heavy (non-hydrogen) atoms. The minimum absolute atomic E-state index is 0.000644. The van der Waals surface area contributed by atoms with E-state index in [0.717, 1.165) is 24.1 Å². The van der Waals surface area contributed by atoms with Gasteiger partial charge in [0.2, 0.25) is 11.8 Å². The molecule has 1 saturated carbocycles. The second kappa shape index (κ2) is 15.8. The van der Waals surface area contributed by atoms with Crippen molar-refractivity contribution >= 4 is 17.6 Å². The fourth-order valence-electron chi connectivity index (χ4n) is 7.99. The average molecular weight is 779 g/mol. The molecule has 4 atom stereocenters. The van der Waals surface area contributed by atoms with E-state index in [1.165, 1.54) is 0 Å². The van der Waals surface area contributed by atoms with Gasteiger partial charge in [0.1, 0.15) is 11.7 Å². The van der Waals surface area contributed by atoms with Gasteiger partial charge in [-0.15, -0.1) is 0 Å². The van der Waals surface area contributed by atoms with Crippen LogP contribution in [0.5, 0.6) is 0 Å². The van der Waals surface area contributed by atoms with E-state index in [1.54, 1.807) is 41.2 Å². The summed E-state index contributed by atoms with van der Waals surface area (Å²) in [6.45, 7) is 11.3. The summed E-state index contributed by atoms with van der Waals surface area (Å²) >= 11 is 0. The van der Waals surface area contributed by atoms with Crippen molar-refractivity contribution in [1.29, 1.82) is 0 Å². The zero-order valence-corrected chi connectivity index (χ0v) is 33.9. The number of aromatic nitrogens is 2. The van der Waals surface area contributed by atoms with Crippen LogP contribution in [0, 0.1) is 17.3 Å². The summed E-state index contributed by atoms with van der Waals surface area (Å²) in [5, 5.41) is 3.43. The highest BCUT2D eigenvalue weighted by Crippen LogP contribution is 2.52. The summed E-state index contributed by atoms with van der Waals surface area (Å²) in [5.74, 6) is -2.23. The minimum Gasteiger partial charge on any atom is -0.343 e. The highest BCUT2D eigenvalue weighted by Gasteiger charge is 2.45. The summed E-state index contributed by atoms with van der Waals surface area (Å²) < 4.78 is 32.7. The number of carbonyl (C=O) groups excluding carboxylic acids is 2. The van der Waals surface area contributed by atoms with Gasteiger partial charge in [-0.05, 0) is 77.8 Å². The summed E-state index contributed by atoms with van der Waals surface area (Å²) in [6, 6.07) is 9.08. The van der Waals surface area contributed by atoms with Crippen molar-refractivity contribution < 1.29 is 18.4 Å². The van der Waals surface area contributed by atoms with Crippen molar-refractivity contribution in [3.8, 4) is 22.4 Å². The van der Waals surface area contributed by atoms with Crippen LogP contribution < -0.4 is 16.8 Å². The first kappa shape index (κ1) is 40.3. The molecular weight excluding hydrogens is 723 g/mol. The predicted octanol–water partition coefficient (Wildman–Crippen LogP) is 6.99. The molecule has 10 nitrogen and oxygen atoms in total. The quantitative estimate of drug-likeness (QED) is 0.0886. The molecule has 7 rings (SSSR count). The van der Waals surface area contributed by atoms with Crippen LogP contribution in [0.3, 0.4) is 0 Å². The van der Waals surface area contributed by atoms with E-state index in [0.29, 0.717) is 60.0 Å². The largest absolute Gasteiger partial charge is 0.343 e. The van der Waals surface area contributed by atoms with E-state index in [-0.39, 0.29) is 58.7 Å². The van der Waals surface area contributed by atoms with E-state index < -0.39 is 18.0 Å². The lowest BCUT2D eigenvalue weighted by Crippen LogP contribution is -2.56. The Labute approximate surface area is 334 Å². The number of hydrogen-bond donors (Lipinski definition) is 4. The van der Waals surface area contributed by atoms with Crippen molar-refractivity contribution in [2.24, 2.45) is 33.7 Å². The number of aromatic amines is 1. The number of rotatable bonds is 12. The third-order valence-corrected chi connectivity index (χ3v) is 12.1. The molecule has 12 heteroatoms. The van der Waals surface area contributed by atoms with E-state index in [4.69, 9.17) is 11.5 Å². The minimum atomic E-state index is -3.20. The number of hydrogen-bond acceptors (Lipinski definition) is 6. The number of nitrogens with zero attached hydrogens (tertiary/aromatic N) is 4. The Bertz CT molecular complexity index is 2150. The van der Waals surface area contributed by atoms with Gasteiger partial charge in [-0.3, -0.25) is 14.6 Å². The molecule has 0 bridgehead atoms. The Balaban J connectivity index is 1.04. The van der Waals surface area contributed by atoms with Crippen molar-refractivity contribution in [2.75, 3.05) is 20.1 Å². The molecule has 3 aliphatic carbocycles. The Hall–Kier alpha value is -4.94. The zero-order valence-electron chi connectivity index (χ0n) is 33.9. The fourth-order valence-corrected chi connectivity index (χ4v) is 7.99. The Morgan fingerprint density at radius 3 is 2.37 bits per heavy atom. The van der Waals surface area contributed by atoms with Crippen LogP contribution in [-0.2, 0) is 22.1 Å². The standard InChI is InChI=1S/C45H56F2N8O2/c1-26(2)39(48)42(56)54(25-44(5)18-19-44)24-38-51-23-36(53-38)30-13-17-33-32-16-12-29(21-34(32)45(46,47)35(33)22-30)28-10-14-31(15-11-28)52-41(50-6)37-9-7-8-20-55(37)43(57)40(49)27(3)4/h7-8,10,12-17,21-23,26-28,37,39-40H,9,11,18-20,24-25,48-49H2,1-6H3,(H,50,52)(H,51,53)/t28?,37-,39?,40?/m0/s1. The van der Waals surface area contributed by atoms with Gasteiger partial charge in [0.25, 0.3) is 5.92 Å². The van der Waals surface area contributed by atoms with E-state index in [9.17, 15) is 9.59 Å². The second-order valence-electron chi connectivity index (χ2n) is 17.2. The molecule has 0 spiro atoms. The van der Waals surface area contributed by atoms with Gasteiger partial charge >= 0.3 is 0 Å². The lowest BCUT2D eigenvalue weighted by Gasteiger charge is -2.36. The number of imidazole rings is 1. The summed E-state index contributed by atoms with van der Waals surface area (Å²) in [6.07, 6.45) is 15.1. The number of nitrogens with two attached hydrogens (primary N) is 2. The first-order valence-electron chi connectivity index (χ1n) is 20.2. The first-order chi connectivity index (χ1) is 27.1. The summed E-state index contributed by atoms with van der Waals surface area (Å²) in [4.78, 5) is 42.5. The molecule has 2 aromatic carbocycles. The van der Waals surface area contributed by atoms with Gasteiger partial charge in [-0.2, -0.15) is 8.78 Å². The number of allylic oxidation sites excluding steroid dienone is 3. The van der Waals surface area contributed by atoms with Crippen molar-refractivity contribution in [2.45, 2.75) is 96.8 Å². The Morgan fingerprint density at radius 1 is 1.02 bits per heavy atom. The molecular formula is C45H56F2N8O2. The second-order valence-corrected chi connectivity index (χ2v) is 17.2. The van der Waals surface area contributed by atoms with E-state index in [1.807, 2.05) is 70.2 Å². The maximum absolute atomic E-state index is 16.4. The first-order valence-corrected chi connectivity index (χ1v) is 20.2. The van der Waals surface area contributed by atoms with Gasteiger partial charge in [0.05, 0.1) is 36.6 Å². The van der Waals surface area contributed by atoms with Crippen molar-refractivity contribution in [1.82, 2.24) is 25.1 Å². The third kappa shape index (κ3) is 8.12. The summed E-state index contributed by atoms with van der Waals surface area (Å²) in [7, 11) is 1.71. The third-order valence-electron chi connectivity index (χ3n) is 12.1. The number of aliphatic imine (C=N–C) groups is 1. The highest BCUT2D eigenvalue weighted by atomic mass is 19.3. The van der Waals surface area contributed by atoms with Gasteiger partial charge in [0, 0.05) is 48.4 Å². The topological polar surface area (TPSA) is 146 Å². The van der Waals surface area contributed by atoms with E-state index in [2.05, 4.69) is 33.3 Å². The maximum atomic E-state index is 16.4. The van der Waals surface area contributed by atoms with Gasteiger partial charge in [-0.1, -0.05) is 83.2 Å². The number of H-pyrrole nitrogens is 1. The van der Waals surface area contributed by atoms with Gasteiger partial charge in [0.15, 0.2) is 0 Å². The molecule has 2 heterocycles. The van der Waals surface area contributed by atoms with Crippen molar-refractivity contribution in [3.63, 3.8) is 0 Å². The van der Waals surface area contributed by atoms with Crippen LogP contribution in [0.25, 0.3) is 22.4 Å². The Kier molecular flexibility index (Phi) is 11.1. The highest BCUT2D eigenvalue weighted by molar-refractivity contribution is 5.94. The molecule has 2 amide bonds. The number of amidine groups is 1. The number of alkyl halides is 2. The molecule has 3 aromatic rings. The molecule has 1 fully saturated rings.